The van der Waals surface area contributed by atoms with Crippen LogP contribution in [0.4, 0.5) is 0 Å². The summed E-state index contributed by atoms with van der Waals surface area (Å²) in [7, 11) is 0. The minimum absolute atomic E-state index is 0.276. The molecule has 1 unspecified atom stereocenters. The SMILES string of the molecule is CCCC(N)CSc1ccc2c(c1)OCCO2. The second-order valence-corrected chi connectivity index (χ2v) is 5.26. The molecule has 0 saturated heterocycles. The normalized spacial score (nSPS) is 15.6. The molecule has 1 aliphatic rings. The predicted molar refractivity (Wildman–Crippen MR) is 71.0 cm³/mol. The summed E-state index contributed by atoms with van der Waals surface area (Å²) in [4.78, 5) is 1.20. The fraction of sp³-hybridized carbons (Fsp3) is 0.538. The van der Waals surface area contributed by atoms with E-state index in [1.54, 1.807) is 11.8 Å². The fourth-order valence-electron chi connectivity index (χ4n) is 1.77. The van der Waals surface area contributed by atoms with Crippen molar-refractivity contribution in [3.8, 4) is 11.5 Å². The monoisotopic (exact) mass is 253 g/mol. The van der Waals surface area contributed by atoms with E-state index in [9.17, 15) is 0 Å². The van der Waals surface area contributed by atoms with Crippen LogP contribution in [0.5, 0.6) is 11.5 Å². The molecule has 0 aliphatic carbocycles. The molecule has 0 bridgehead atoms. The Hall–Kier alpha value is -0.870. The van der Waals surface area contributed by atoms with Gasteiger partial charge >= 0.3 is 0 Å². The summed E-state index contributed by atoms with van der Waals surface area (Å²) in [6.07, 6.45) is 2.22. The van der Waals surface area contributed by atoms with Gasteiger partial charge in [0.15, 0.2) is 11.5 Å². The molecule has 2 N–H and O–H groups in total. The van der Waals surface area contributed by atoms with Gasteiger partial charge in [-0.2, -0.15) is 0 Å². The molecule has 0 saturated carbocycles. The molecule has 1 heterocycles. The highest BCUT2D eigenvalue weighted by Gasteiger charge is 2.12. The van der Waals surface area contributed by atoms with Gasteiger partial charge < -0.3 is 15.2 Å². The van der Waals surface area contributed by atoms with E-state index in [0.29, 0.717) is 13.2 Å². The van der Waals surface area contributed by atoms with Crippen LogP contribution in [-0.2, 0) is 0 Å². The van der Waals surface area contributed by atoms with Gasteiger partial charge in [-0.1, -0.05) is 13.3 Å². The highest BCUT2D eigenvalue weighted by molar-refractivity contribution is 7.99. The summed E-state index contributed by atoms with van der Waals surface area (Å²) in [5.41, 5.74) is 5.99. The summed E-state index contributed by atoms with van der Waals surface area (Å²) in [5, 5.41) is 0. The summed E-state index contributed by atoms with van der Waals surface area (Å²) < 4.78 is 11.0. The number of hydrogen-bond donors (Lipinski definition) is 1. The van der Waals surface area contributed by atoms with Crippen molar-refractivity contribution < 1.29 is 9.47 Å². The average Bonchev–Trinajstić information content (AvgIpc) is 2.36. The molecular formula is C13H19NO2S. The Kier molecular flexibility index (Phi) is 4.57. The summed E-state index contributed by atoms with van der Waals surface area (Å²) in [6, 6.07) is 6.36. The Balaban J connectivity index is 1.93. The minimum atomic E-state index is 0.276. The molecule has 1 aliphatic heterocycles. The lowest BCUT2D eigenvalue weighted by Gasteiger charge is -2.19. The Morgan fingerprint density at radius 2 is 2.06 bits per heavy atom. The molecule has 94 valence electrons. The number of benzene rings is 1. The molecule has 1 aromatic rings. The predicted octanol–water partition coefficient (Wildman–Crippen LogP) is 2.68. The zero-order valence-electron chi connectivity index (χ0n) is 10.1. The van der Waals surface area contributed by atoms with Gasteiger partial charge in [0, 0.05) is 16.7 Å². The number of hydrogen-bond acceptors (Lipinski definition) is 4. The Labute approximate surface area is 107 Å². The standard InChI is InChI=1S/C13H19NO2S/c1-2-3-10(14)9-17-11-4-5-12-13(8-11)16-7-6-15-12/h4-5,8,10H,2-3,6-7,9,14H2,1H3. The summed E-state index contributed by atoms with van der Waals surface area (Å²) >= 11 is 1.78. The van der Waals surface area contributed by atoms with Gasteiger partial charge in [-0.25, -0.2) is 0 Å². The maximum Gasteiger partial charge on any atom is 0.162 e. The van der Waals surface area contributed by atoms with Crippen LogP contribution in [0.3, 0.4) is 0 Å². The second-order valence-electron chi connectivity index (χ2n) is 4.17. The summed E-state index contributed by atoms with van der Waals surface area (Å²) in [6.45, 7) is 3.44. The van der Waals surface area contributed by atoms with Gasteiger partial charge in [0.05, 0.1) is 0 Å². The van der Waals surface area contributed by atoms with Crippen LogP contribution in [-0.4, -0.2) is 25.0 Å². The number of rotatable bonds is 5. The van der Waals surface area contributed by atoms with Gasteiger partial charge in [0.2, 0.25) is 0 Å². The molecule has 0 aromatic heterocycles. The van der Waals surface area contributed by atoms with Crippen molar-refractivity contribution in [2.24, 2.45) is 5.73 Å². The lowest BCUT2D eigenvalue weighted by atomic mass is 10.2. The van der Waals surface area contributed by atoms with Gasteiger partial charge in [0.1, 0.15) is 13.2 Å². The van der Waals surface area contributed by atoms with E-state index in [1.807, 2.05) is 12.1 Å². The maximum absolute atomic E-state index is 5.99. The third-order valence-electron chi connectivity index (χ3n) is 2.64. The van der Waals surface area contributed by atoms with Crippen molar-refractivity contribution in [1.29, 1.82) is 0 Å². The number of thioether (sulfide) groups is 1. The lowest BCUT2D eigenvalue weighted by Crippen LogP contribution is -2.22. The van der Waals surface area contributed by atoms with Crippen LogP contribution in [0, 0.1) is 0 Å². The number of fused-ring (bicyclic) bond motifs is 1. The van der Waals surface area contributed by atoms with Gasteiger partial charge in [-0.3, -0.25) is 0 Å². The largest absolute Gasteiger partial charge is 0.486 e. The van der Waals surface area contributed by atoms with E-state index in [4.69, 9.17) is 15.2 Å². The topological polar surface area (TPSA) is 44.5 Å². The first-order chi connectivity index (χ1) is 8.29. The zero-order valence-corrected chi connectivity index (χ0v) is 11.0. The van der Waals surface area contributed by atoms with E-state index < -0.39 is 0 Å². The van der Waals surface area contributed by atoms with Gasteiger partial charge in [-0.05, 0) is 24.6 Å². The highest BCUT2D eigenvalue weighted by atomic mass is 32.2. The van der Waals surface area contributed by atoms with Crippen LogP contribution in [0.1, 0.15) is 19.8 Å². The molecule has 1 aromatic carbocycles. The van der Waals surface area contributed by atoms with Crippen LogP contribution >= 0.6 is 11.8 Å². The van der Waals surface area contributed by atoms with Crippen LogP contribution in [0.25, 0.3) is 0 Å². The second kappa shape index (κ2) is 6.17. The van der Waals surface area contributed by atoms with Crippen molar-refractivity contribution in [2.75, 3.05) is 19.0 Å². The maximum atomic E-state index is 5.99. The third-order valence-corrected chi connectivity index (χ3v) is 3.82. The van der Waals surface area contributed by atoms with Crippen molar-refractivity contribution in [3.05, 3.63) is 18.2 Å². The highest BCUT2D eigenvalue weighted by Crippen LogP contribution is 2.34. The van der Waals surface area contributed by atoms with E-state index in [1.165, 1.54) is 4.90 Å². The van der Waals surface area contributed by atoms with Crippen LogP contribution in [0.15, 0.2) is 23.1 Å². The van der Waals surface area contributed by atoms with E-state index in [-0.39, 0.29) is 6.04 Å². The molecule has 4 heteroatoms. The van der Waals surface area contributed by atoms with E-state index >= 15 is 0 Å². The molecule has 1 atom stereocenters. The Morgan fingerprint density at radius 1 is 1.29 bits per heavy atom. The van der Waals surface area contributed by atoms with Crippen molar-refractivity contribution in [3.63, 3.8) is 0 Å². The number of ether oxygens (including phenoxy) is 2. The smallest absolute Gasteiger partial charge is 0.162 e. The van der Waals surface area contributed by atoms with Crippen LogP contribution < -0.4 is 15.2 Å². The van der Waals surface area contributed by atoms with Crippen LogP contribution in [0.2, 0.25) is 0 Å². The molecule has 0 radical (unpaired) electrons. The lowest BCUT2D eigenvalue weighted by molar-refractivity contribution is 0.171. The summed E-state index contributed by atoms with van der Waals surface area (Å²) in [5.74, 6) is 2.65. The average molecular weight is 253 g/mol. The third kappa shape index (κ3) is 3.54. The van der Waals surface area contributed by atoms with Gasteiger partial charge in [0.25, 0.3) is 0 Å². The molecule has 17 heavy (non-hydrogen) atoms. The molecule has 0 fully saturated rings. The fourth-order valence-corrected chi connectivity index (χ4v) is 2.70. The zero-order chi connectivity index (χ0) is 12.1. The van der Waals surface area contributed by atoms with Crippen molar-refractivity contribution in [1.82, 2.24) is 0 Å². The quantitative estimate of drug-likeness (QED) is 0.819. The first kappa shape index (κ1) is 12.6. The minimum Gasteiger partial charge on any atom is -0.486 e. The van der Waals surface area contributed by atoms with Crippen molar-refractivity contribution in [2.45, 2.75) is 30.7 Å². The Bertz CT molecular complexity index is 370. The first-order valence-electron chi connectivity index (χ1n) is 6.07. The van der Waals surface area contributed by atoms with E-state index in [0.717, 1.165) is 30.1 Å². The Morgan fingerprint density at radius 3 is 2.82 bits per heavy atom. The molecule has 2 rings (SSSR count). The first-order valence-corrected chi connectivity index (χ1v) is 7.06. The molecule has 0 amide bonds. The molecular weight excluding hydrogens is 234 g/mol. The van der Waals surface area contributed by atoms with E-state index in [2.05, 4.69) is 13.0 Å². The van der Waals surface area contributed by atoms with Gasteiger partial charge in [-0.15, -0.1) is 11.8 Å². The van der Waals surface area contributed by atoms with Crippen molar-refractivity contribution >= 4 is 11.8 Å². The number of nitrogens with two attached hydrogens (primary N) is 1. The molecule has 3 nitrogen and oxygen atoms in total. The molecule has 0 spiro atoms.